The van der Waals surface area contributed by atoms with Crippen molar-refractivity contribution in [2.45, 2.75) is 31.3 Å². The summed E-state index contributed by atoms with van der Waals surface area (Å²) in [5, 5.41) is 3.49. The Balaban J connectivity index is 1.82. The van der Waals surface area contributed by atoms with Crippen molar-refractivity contribution in [3.8, 4) is 0 Å². The van der Waals surface area contributed by atoms with Crippen LogP contribution in [0.25, 0.3) is 0 Å². The van der Waals surface area contributed by atoms with Gasteiger partial charge in [0.1, 0.15) is 11.6 Å². The van der Waals surface area contributed by atoms with Crippen LogP contribution < -0.4 is 5.32 Å². The molecule has 1 aliphatic heterocycles. The Morgan fingerprint density at radius 3 is 2.53 bits per heavy atom. The van der Waals surface area contributed by atoms with Crippen LogP contribution in [0.4, 0.5) is 8.78 Å². The van der Waals surface area contributed by atoms with Gasteiger partial charge in [-0.25, -0.2) is 8.78 Å². The molecule has 1 saturated carbocycles. The molecule has 4 heteroatoms. The molecule has 2 fully saturated rings. The molecule has 3 rings (SSSR count). The first kappa shape index (κ1) is 13.0. The molecule has 1 aliphatic carbocycles. The summed E-state index contributed by atoms with van der Waals surface area (Å²) in [7, 11) is 1.95. The summed E-state index contributed by atoms with van der Waals surface area (Å²) in [5.74, 6) is -0.553. The van der Waals surface area contributed by atoms with E-state index in [0.717, 1.165) is 19.5 Å². The van der Waals surface area contributed by atoms with Gasteiger partial charge in [0.25, 0.3) is 0 Å². The zero-order valence-corrected chi connectivity index (χ0v) is 11.2. The van der Waals surface area contributed by atoms with E-state index < -0.39 is 11.6 Å². The Hall–Kier alpha value is -1.00. The minimum atomic E-state index is -0.421. The molecule has 19 heavy (non-hydrogen) atoms. The van der Waals surface area contributed by atoms with Gasteiger partial charge >= 0.3 is 0 Å². The van der Waals surface area contributed by atoms with Crippen LogP contribution in [-0.4, -0.2) is 31.1 Å². The molecule has 1 heterocycles. The highest BCUT2D eigenvalue weighted by atomic mass is 19.1. The molecule has 2 unspecified atom stereocenters. The van der Waals surface area contributed by atoms with Gasteiger partial charge in [0.05, 0.1) is 0 Å². The van der Waals surface area contributed by atoms with Gasteiger partial charge in [0.2, 0.25) is 0 Å². The van der Waals surface area contributed by atoms with Crippen molar-refractivity contribution in [3.05, 3.63) is 35.4 Å². The van der Waals surface area contributed by atoms with E-state index in [1.165, 1.54) is 31.0 Å². The van der Waals surface area contributed by atoms with E-state index in [-0.39, 0.29) is 17.5 Å². The van der Waals surface area contributed by atoms with Crippen LogP contribution in [0, 0.1) is 17.6 Å². The van der Waals surface area contributed by atoms with Gasteiger partial charge in [-0.3, -0.25) is 4.90 Å². The van der Waals surface area contributed by atoms with Crippen molar-refractivity contribution in [1.29, 1.82) is 0 Å². The van der Waals surface area contributed by atoms with E-state index in [1.807, 2.05) is 7.05 Å². The minimum absolute atomic E-state index is 0.146. The van der Waals surface area contributed by atoms with Crippen LogP contribution >= 0.6 is 0 Å². The largest absolute Gasteiger partial charge is 0.314 e. The Bertz CT molecular complexity index is 439. The van der Waals surface area contributed by atoms with Crippen LogP contribution in [0.3, 0.4) is 0 Å². The molecule has 0 bridgehead atoms. The van der Waals surface area contributed by atoms with Crippen molar-refractivity contribution >= 4 is 0 Å². The SMILES string of the molecule is CN1CCC(CNC2CC2)C1c1c(F)cccc1F. The van der Waals surface area contributed by atoms with Crippen LogP contribution in [0.15, 0.2) is 18.2 Å². The van der Waals surface area contributed by atoms with Crippen molar-refractivity contribution in [2.75, 3.05) is 20.1 Å². The lowest BCUT2D eigenvalue weighted by molar-refractivity contribution is 0.257. The quantitative estimate of drug-likeness (QED) is 0.901. The number of rotatable bonds is 4. The van der Waals surface area contributed by atoms with Crippen molar-refractivity contribution in [1.82, 2.24) is 10.2 Å². The first-order chi connectivity index (χ1) is 9.16. The number of nitrogens with one attached hydrogen (secondary N) is 1. The lowest BCUT2D eigenvalue weighted by Crippen LogP contribution is -2.30. The molecule has 2 atom stereocenters. The van der Waals surface area contributed by atoms with E-state index in [2.05, 4.69) is 10.2 Å². The van der Waals surface area contributed by atoms with Gasteiger partial charge in [-0.05, 0) is 50.9 Å². The average Bonchev–Trinajstić information content (AvgIpc) is 3.13. The van der Waals surface area contributed by atoms with E-state index in [1.54, 1.807) is 0 Å². The zero-order chi connectivity index (χ0) is 13.4. The van der Waals surface area contributed by atoms with E-state index in [9.17, 15) is 8.78 Å². The number of benzene rings is 1. The third-order valence-electron chi connectivity index (χ3n) is 4.32. The standard InChI is InChI=1S/C15H20F2N2/c1-19-8-7-10(9-18-11-5-6-11)15(19)14-12(16)3-2-4-13(14)17/h2-4,10-11,15,18H,5-9H2,1H3. The summed E-state index contributed by atoms with van der Waals surface area (Å²) in [4.78, 5) is 2.07. The summed E-state index contributed by atoms with van der Waals surface area (Å²) in [6.45, 7) is 1.75. The first-order valence-electron chi connectivity index (χ1n) is 7.04. The Morgan fingerprint density at radius 1 is 1.21 bits per heavy atom. The lowest BCUT2D eigenvalue weighted by Gasteiger charge is -2.26. The van der Waals surface area contributed by atoms with Gasteiger partial charge in [-0.15, -0.1) is 0 Å². The number of nitrogens with zero attached hydrogens (tertiary/aromatic N) is 1. The molecule has 0 aromatic heterocycles. The van der Waals surface area contributed by atoms with Crippen molar-refractivity contribution < 1.29 is 8.78 Å². The van der Waals surface area contributed by atoms with E-state index in [4.69, 9.17) is 0 Å². The van der Waals surface area contributed by atoms with Gasteiger partial charge in [0.15, 0.2) is 0 Å². The Morgan fingerprint density at radius 2 is 1.89 bits per heavy atom. The fourth-order valence-corrected chi connectivity index (χ4v) is 3.09. The smallest absolute Gasteiger partial charge is 0.130 e. The topological polar surface area (TPSA) is 15.3 Å². The highest BCUT2D eigenvalue weighted by Crippen LogP contribution is 2.38. The highest BCUT2D eigenvalue weighted by Gasteiger charge is 2.37. The fourth-order valence-electron chi connectivity index (χ4n) is 3.09. The first-order valence-corrected chi connectivity index (χ1v) is 7.04. The van der Waals surface area contributed by atoms with Crippen molar-refractivity contribution in [2.24, 2.45) is 5.92 Å². The third-order valence-corrected chi connectivity index (χ3v) is 4.32. The number of hydrogen-bond donors (Lipinski definition) is 1. The van der Waals surface area contributed by atoms with Crippen LogP contribution in [-0.2, 0) is 0 Å². The van der Waals surface area contributed by atoms with Crippen LogP contribution in [0.1, 0.15) is 30.9 Å². The molecule has 0 spiro atoms. The normalized spacial score (nSPS) is 27.9. The molecule has 0 amide bonds. The van der Waals surface area contributed by atoms with E-state index >= 15 is 0 Å². The average molecular weight is 266 g/mol. The zero-order valence-electron chi connectivity index (χ0n) is 11.2. The molecule has 1 saturated heterocycles. The van der Waals surface area contributed by atoms with Crippen LogP contribution in [0.2, 0.25) is 0 Å². The second kappa shape index (κ2) is 5.17. The predicted octanol–water partition coefficient (Wildman–Crippen LogP) is 2.71. The maximum absolute atomic E-state index is 14.0. The van der Waals surface area contributed by atoms with Crippen molar-refractivity contribution in [3.63, 3.8) is 0 Å². The number of hydrogen-bond acceptors (Lipinski definition) is 2. The second-order valence-electron chi connectivity index (χ2n) is 5.79. The number of likely N-dealkylation sites (tertiary alicyclic amines) is 1. The molecule has 104 valence electrons. The molecule has 1 aromatic carbocycles. The van der Waals surface area contributed by atoms with E-state index in [0.29, 0.717) is 6.04 Å². The summed E-state index contributed by atoms with van der Waals surface area (Å²) < 4.78 is 27.9. The summed E-state index contributed by atoms with van der Waals surface area (Å²) in [5.41, 5.74) is 0.241. The molecular weight excluding hydrogens is 246 g/mol. The summed E-state index contributed by atoms with van der Waals surface area (Å²) in [6.07, 6.45) is 3.47. The van der Waals surface area contributed by atoms with Gasteiger partial charge < -0.3 is 5.32 Å². The maximum atomic E-state index is 14.0. The molecular formula is C15H20F2N2. The molecule has 2 aliphatic rings. The minimum Gasteiger partial charge on any atom is -0.314 e. The summed E-state index contributed by atoms with van der Waals surface area (Å²) in [6, 6.07) is 4.64. The predicted molar refractivity (Wildman–Crippen MR) is 70.9 cm³/mol. The Kier molecular flexibility index (Phi) is 3.54. The maximum Gasteiger partial charge on any atom is 0.130 e. The fraction of sp³-hybridized carbons (Fsp3) is 0.600. The number of halogens is 2. The van der Waals surface area contributed by atoms with Gasteiger partial charge in [0, 0.05) is 24.2 Å². The molecule has 0 radical (unpaired) electrons. The second-order valence-corrected chi connectivity index (χ2v) is 5.79. The Labute approximate surface area is 112 Å². The van der Waals surface area contributed by atoms with Crippen LogP contribution in [0.5, 0.6) is 0 Å². The molecule has 2 nitrogen and oxygen atoms in total. The van der Waals surface area contributed by atoms with Gasteiger partial charge in [-0.1, -0.05) is 6.07 Å². The molecule has 1 aromatic rings. The molecule has 1 N–H and O–H groups in total. The lowest BCUT2D eigenvalue weighted by atomic mass is 9.93. The summed E-state index contributed by atoms with van der Waals surface area (Å²) >= 11 is 0. The third kappa shape index (κ3) is 2.65. The highest BCUT2D eigenvalue weighted by molar-refractivity contribution is 5.25. The monoisotopic (exact) mass is 266 g/mol. The van der Waals surface area contributed by atoms with Gasteiger partial charge in [-0.2, -0.15) is 0 Å².